The number of amides is 1. The third-order valence-corrected chi connectivity index (χ3v) is 3.08. The average Bonchev–Trinajstić information content (AvgIpc) is 2.94. The van der Waals surface area contributed by atoms with Crippen molar-refractivity contribution in [2.24, 2.45) is 0 Å². The lowest BCUT2D eigenvalue weighted by atomic mass is 10.2. The Morgan fingerprint density at radius 1 is 1.29 bits per heavy atom. The van der Waals surface area contributed by atoms with E-state index in [9.17, 15) is 9.59 Å². The number of hydrogen-bond acceptors (Lipinski definition) is 3. The lowest BCUT2D eigenvalue weighted by Gasteiger charge is -2.25. The minimum absolute atomic E-state index is 0.215. The van der Waals surface area contributed by atoms with Gasteiger partial charge in [0.05, 0.1) is 12.5 Å². The molecule has 6 heteroatoms. The molecule has 1 aromatic carbocycles. The number of hydrogen-bond donors (Lipinski definition) is 1. The fourth-order valence-corrected chi connectivity index (χ4v) is 2.03. The van der Waals surface area contributed by atoms with Crippen LogP contribution in [0.5, 0.6) is 0 Å². The fourth-order valence-electron chi connectivity index (χ4n) is 2.03. The van der Waals surface area contributed by atoms with Crippen LogP contribution in [0.15, 0.2) is 42.9 Å². The largest absolute Gasteiger partial charge is 0.480 e. The van der Waals surface area contributed by atoms with Crippen LogP contribution < -0.4 is 0 Å². The van der Waals surface area contributed by atoms with Gasteiger partial charge in [-0.15, -0.1) is 0 Å². The molecular formula is C15H17N3O3. The second-order valence-electron chi connectivity index (χ2n) is 4.90. The minimum Gasteiger partial charge on any atom is -0.480 e. The Labute approximate surface area is 122 Å². The first-order valence-corrected chi connectivity index (χ1v) is 6.61. The lowest BCUT2D eigenvalue weighted by Crippen LogP contribution is -2.41. The van der Waals surface area contributed by atoms with Crippen molar-refractivity contribution in [2.45, 2.75) is 19.9 Å². The molecule has 0 atom stereocenters. The molecule has 1 aromatic heterocycles. The van der Waals surface area contributed by atoms with Crippen molar-refractivity contribution in [3.63, 3.8) is 0 Å². The summed E-state index contributed by atoms with van der Waals surface area (Å²) in [5.74, 6) is -1.39. The summed E-state index contributed by atoms with van der Waals surface area (Å²) in [5, 5.41) is 8.95. The van der Waals surface area contributed by atoms with Gasteiger partial charge in [0.15, 0.2) is 0 Å². The zero-order chi connectivity index (χ0) is 15.4. The van der Waals surface area contributed by atoms with E-state index in [4.69, 9.17) is 5.11 Å². The molecule has 0 saturated heterocycles. The van der Waals surface area contributed by atoms with Crippen LogP contribution in [0.25, 0.3) is 5.69 Å². The monoisotopic (exact) mass is 287 g/mol. The lowest BCUT2D eigenvalue weighted by molar-refractivity contribution is -0.138. The van der Waals surface area contributed by atoms with Crippen LogP contribution in [-0.4, -0.2) is 44.0 Å². The summed E-state index contributed by atoms with van der Waals surface area (Å²) in [6.07, 6.45) is 2.99. The molecular weight excluding hydrogens is 270 g/mol. The van der Waals surface area contributed by atoms with E-state index in [1.807, 2.05) is 30.3 Å². The molecule has 0 unspecified atom stereocenters. The van der Waals surface area contributed by atoms with Gasteiger partial charge in [-0.05, 0) is 26.0 Å². The van der Waals surface area contributed by atoms with Gasteiger partial charge in [0, 0.05) is 11.7 Å². The zero-order valence-electron chi connectivity index (χ0n) is 11.9. The van der Waals surface area contributed by atoms with Crippen LogP contribution >= 0.6 is 0 Å². The van der Waals surface area contributed by atoms with Crippen LogP contribution in [0.3, 0.4) is 0 Å². The van der Waals surface area contributed by atoms with Crippen molar-refractivity contribution >= 4 is 11.9 Å². The van der Waals surface area contributed by atoms with Crippen LogP contribution in [0, 0.1) is 0 Å². The van der Waals surface area contributed by atoms with Crippen LogP contribution in [0.2, 0.25) is 0 Å². The van der Waals surface area contributed by atoms with E-state index < -0.39 is 5.97 Å². The number of carboxylic acid groups (broad SMARTS) is 1. The third kappa shape index (κ3) is 3.28. The van der Waals surface area contributed by atoms with Gasteiger partial charge in [0.25, 0.3) is 5.91 Å². The number of nitrogens with zero attached hydrogens (tertiary/aromatic N) is 3. The number of carbonyl (C=O) groups excluding carboxylic acids is 1. The molecule has 1 N–H and O–H groups in total. The van der Waals surface area contributed by atoms with Crippen molar-refractivity contribution in [3.8, 4) is 5.69 Å². The first kappa shape index (κ1) is 14.8. The van der Waals surface area contributed by atoms with Crippen molar-refractivity contribution in [3.05, 3.63) is 48.5 Å². The standard InChI is InChI=1S/C15H17N3O3/c1-11(2)17(9-14(19)20)15(21)13-8-16-10-18(13)12-6-4-3-5-7-12/h3-8,10-11H,9H2,1-2H3,(H,19,20). The zero-order valence-corrected chi connectivity index (χ0v) is 11.9. The van der Waals surface area contributed by atoms with Crippen LogP contribution in [0.1, 0.15) is 24.3 Å². The van der Waals surface area contributed by atoms with Crippen molar-refractivity contribution in [1.29, 1.82) is 0 Å². The summed E-state index contributed by atoms with van der Waals surface area (Å²) in [4.78, 5) is 28.8. The van der Waals surface area contributed by atoms with E-state index in [-0.39, 0.29) is 18.5 Å². The van der Waals surface area contributed by atoms with Gasteiger partial charge < -0.3 is 10.0 Å². The van der Waals surface area contributed by atoms with Crippen LogP contribution in [-0.2, 0) is 4.79 Å². The fraction of sp³-hybridized carbons (Fsp3) is 0.267. The highest BCUT2D eigenvalue weighted by Gasteiger charge is 2.24. The van der Waals surface area contributed by atoms with Crippen molar-refractivity contribution in [1.82, 2.24) is 14.5 Å². The molecule has 0 aliphatic rings. The SMILES string of the molecule is CC(C)N(CC(=O)O)C(=O)c1cncn1-c1ccccc1. The summed E-state index contributed by atoms with van der Waals surface area (Å²) in [6, 6.07) is 9.10. The molecule has 0 radical (unpaired) electrons. The molecule has 2 rings (SSSR count). The van der Waals surface area contributed by atoms with Gasteiger partial charge in [-0.2, -0.15) is 0 Å². The average molecular weight is 287 g/mol. The van der Waals surface area contributed by atoms with E-state index >= 15 is 0 Å². The first-order chi connectivity index (χ1) is 10.0. The molecule has 0 aliphatic heterocycles. The molecule has 21 heavy (non-hydrogen) atoms. The number of rotatable bonds is 5. The third-order valence-electron chi connectivity index (χ3n) is 3.08. The van der Waals surface area contributed by atoms with Gasteiger partial charge in [0.2, 0.25) is 0 Å². The Bertz CT molecular complexity index is 635. The molecule has 110 valence electrons. The second kappa shape index (κ2) is 6.21. The summed E-state index contributed by atoms with van der Waals surface area (Å²) in [5.41, 5.74) is 1.15. The summed E-state index contributed by atoms with van der Waals surface area (Å²) in [7, 11) is 0. The summed E-state index contributed by atoms with van der Waals surface area (Å²) < 4.78 is 1.65. The van der Waals surface area contributed by atoms with Crippen LogP contribution in [0.4, 0.5) is 0 Å². The Morgan fingerprint density at radius 3 is 2.52 bits per heavy atom. The number of aliphatic carboxylic acids is 1. The number of carbonyl (C=O) groups is 2. The first-order valence-electron chi connectivity index (χ1n) is 6.61. The second-order valence-corrected chi connectivity index (χ2v) is 4.90. The molecule has 1 heterocycles. The predicted molar refractivity (Wildman–Crippen MR) is 77.4 cm³/mol. The highest BCUT2D eigenvalue weighted by molar-refractivity contribution is 5.95. The van der Waals surface area contributed by atoms with Gasteiger partial charge >= 0.3 is 5.97 Å². The maximum atomic E-state index is 12.6. The molecule has 0 fully saturated rings. The Balaban J connectivity index is 2.36. The summed E-state index contributed by atoms with van der Waals surface area (Å²) >= 11 is 0. The van der Waals surface area contributed by atoms with Gasteiger partial charge in [0.1, 0.15) is 12.2 Å². The number of imidazole rings is 1. The molecule has 0 spiro atoms. The van der Waals surface area contributed by atoms with Gasteiger partial charge in [-0.25, -0.2) is 4.98 Å². The molecule has 6 nitrogen and oxygen atoms in total. The minimum atomic E-state index is -1.04. The van der Waals surface area contributed by atoms with E-state index in [1.54, 1.807) is 24.7 Å². The van der Waals surface area contributed by atoms with E-state index in [0.29, 0.717) is 5.69 Å². The maximum absolute atomic E-state index is 12.6. The van der Waals surface area contributed by atoms with Crippen molar-refractivity contribution in [2.75, 3.05) is 6.54 Å². The molecule has 1 amide bonds. The number of aromatic nitrogens is 2. The smallest absolute Gasteiger partial charge is 0.323 e. The van der Waals surface area contributed by atoms with E-state index in [2.05, 4.69) is 4.98 Å². The Hall–Kier alpha value is -2.63. The Morgan fingerprint density at radius 2 is 1.95 bits per heavy atom. The van der Waals surface area contributed by atoms with E-state index in [0.717, 1.165) is 5.69 Å². The maximum Gasteiger partial charge on any atom is 0.323 e. The predicted octanol–water partition coefficient (Wildman–Crippen LogP) is 1.81. The van der Waals surface area contributed by atoms with Crippen molar-refractivity contribution < 1.29 is 14.7 Å². The highest BCUT2D eigenvalue weighted by Crippen LogP contribution is 2.14. The summed E-state index contributed by atoms with van der Waals surface area (Å²) in [6.45, 7) is 3.23. The highest BCUT2D eigenvalue weighted by atomic mass is 16.4. The Kier molecular flexibility index (Phi) is 4.37. The van der Waals surface area contributed by atoms with Gasteiger partial charge in [-0.1, -0.05) is 18.2 Å². The number of carboxylic acids is 1. The molecule has 0 aliphatic carbocycles. The number of para-hydroxylation sites is 1. The molecule has 0 bridgehead atoms. The molecule has 2 aromatic rings. The topological polar surface area (TPSA) is 75.4 Å². The number of benzene rings is 1. The normalized spacial score (nSPS) is 10.6. The molecule has 0 saturated carbocycles. The van der Waals surface area contributed by atoms with E-state index in [1.165, 1.54) is 11.1 Å². The quantitative estimate of drug-likeness (QED) is 0.910. The van der Waals surface area contributed by atoms with Gasteiger partial charge in [-0.3, -0.25) is 14.2 Å².